The Morgan fingerprint density at radius 3 is 2.41 bits per heavy atom. The number of aromatic nitrogens is 1. The lowest BCUT2D eigenvalue weighted by molar-refractivity contribution is -0.307. The summed E-state index contributed by atoms with van der Waals surface area (Å²) in [6.07, 6.45) is 7.96. The number of hydrogen-bond acceptors (Lipinski definition) is 3. The van der Waals surface area contributed by atoms with E-state index >= 15 is 0 Å². The summed E-state index contributed by atoms with van der Waals surface area (Å²) in [4.78, 5) is 24.8. The number of carbonyl (C=O) groups is 2. The third-order valence-corrected chi connectivity index (χ3v) is 6.29. The van der Waals surface area contributed by atoms with Crippen LogP contribution in [0.2, 0.25) is 0 Å². The van der Waals surface area contributed by atoms with Gasteiger partial charge in [0.1, 0.15) is 0 Å². The van der Waals surface area contributed by atoms with Crippen LogP contribution in [0.25, 0.3) is 10.9 Å². The third-order valence-electron chi connectivity index (χ3n) is 6.29. The van der Waals surface area contributed by atoms with Crippen LogP contribution < -0.4 is 5.11 Å². The molecule has 0 unspecified atom stereocenters. The Balaban J connectivity index is 1.55. The van der Waals surface area contributed by atoms with Crippen LogP contribution in [0.5, 0.6) is 0 Å². The molecule has 0 aliphatic heterocycles. The molecule has 1 atom stereocenters. The fraction of sp³-hybridized carbons (Fsp3) is 0.360. The van der Waals surface area contributed by atoms with Crippen LogP contribution in [-0.4, -0.2) is 16.3 Å². The van der Waals surface area contributed by atoms with E-state index in [2.05, 4.69) is 0 Å². The number of carbonyl (C=O) groups excluding carboxylic acids is 2. The van der Waals surface area contributed by atoms with Gasteiger partial charge in [0, 0.05) is 48.0 Å². The molecule has 4 rings (SSSR count). The number of rotatable bonds is 6. The molecule has 4 heteroatoms. The van der Waals surface area contributed by atoms with Crippen molar-refractivity contribution in [1.29, 1.82) is 0 Å². The maximum Gasteiger partial charge on any atom is 0.163 e. The standard InChI is InChI=1S/C25H27NO3/c1-26-16-22(20-9-5-6-10-23(20)26)21(25(28)29)15-24(27)19-13-11-18(12-14-19)17-7-3-2-4-8-17/h5-6,9-14,16-17,21H,2-4,7-8,15H2,1H3,(H,28,29)/p-1/t21-/m0/s1. The van der Waals surface area contributed by atoms with E-state index in [-0.39, 0.29) is 12.2 Å². The van der Waals surface area contributed by atoms with Gasteiger partial charge in [-0.1, -0.05) is 61.7 Å². The first-order valence-corrected chi connectivity index (χ1v) is 10.4. The lowest BCUT2D eigenvalue weighted by atomic mass is 9.83. The van der Waals surface area contributed by atoms with Crippen molar-refractivity contribution in [3.8, 4) is 0 Å². The Morgan fingerprint density at radius 2 is 1.72 bits per heavy atom. The van der Waals surface area contributed by atoms with Gasteiger partial charge in [0.2, 0.25) is 0 Å². The van der Waals surface area contributed by atoms with E-state index in [0.717, 1.165) is 10.9 Å². The van der Waals surface area contributed by atoms with Crippen LogP contribution >= 0.6 is 0 Å². The van der Waals surface area contributed by atoms with E-state index in [0.29, 0.717) is 17.0 Å². The number of aryl methyl sites for hydroxylation is 1. The second kappa shape index (κ2) is 8.24. The van der Waals surface area contributed by atoms with E-state index in [1.165, 1.54) is 37.7 Å². The van der Waals surface area contributed by atoms with Gasteiger partial charge in [-0.2, -0.15) is 0 Å². The van der Waals surface area contributed by atoms with Gasteiger partial charge in [-0.15, -0.1) is 0 Å². The highest BCUT2D eigenvalue weighted by atomic mass is 16.4. The second-order valence-corrected chi connectivity index (χ2v) is 8.17. The van der Waals surface area contributed by atoms with E-state index in [9.17, 15) is 14.7 Å². The van der Waals surface area contributed by atoms with Gasteiger partial charge in [-0.25, -0.2) is 0 Å². The van der Waals surface area contributed by atoms with Crippen LogP contribution in [0.3, 0.4) is 0 Å². The number of aliphatic carboxylic acids is 1. The number of para-hydroxylation sites is 1. The first-order chi connectivity index (χ1) is 14.0. The van der Waals surface area contributed by atoms with Crippen LogP contribution in [0, 0.1) is 0 Å². The van der Waals surface area contributed by atoms with E-state index < -0.39 is 11.9 Å². The molecule has 1 aliphatic carbocycles. The summed E-state index contributed by atoms with van der Waals surface area (Å²) in [6.45, 7) is 0. The van der Waals surface area contributed by atoms with Crippen LogP contribution in [-0.2, 0) is 11.8 Å². The highest BCUT2D eigenvalue weighted by Crippen LogP contribution is 2.33. The average Bonchev–Trinajstić information content (AvgIpc) is 3.09. The molecule has 1 aromatic heterocycles. The molecule has 29 heavy (non-hydrogen) atoms. The molecule has 1 heterocycles. The van der Waals surface area contributed by atoms with Crippen molar-refractivity contribution in [2.45, 2.75) is 50.4 Å². The van der Waals surface area contributed by atoms with Gasteiger partial charge in [-0.3, -0.25) is 4.79 Å². The van der Waals surface area contributed by atoms with Crippen molar-refractivity contribution in [3.63, 3.8) is 0 Å². The Bertz CT molecular complexity index is 1030. The van der Waals surface area contributed by atoms with Gasteiger partial charge in [0.05, 0.1) is 0 Å². The Labute approximate surface area is 171 Å². The summed E-state index contributed by atoms with van der Waals surface area (Å²) in [6, 6.07) is 15.4. The number of fused-ring (bicyclic) bond motifs is 1. The van der Waals surface area contributed by atoms with Gasteiger partial charge in [0.15, 0.2) is 5.78 Å². The molecule has 1 saturated carbocycles. The molecule has 2 aromatic carbocycles. The quantitative estimate of drug-likeness (QED) is 0.591. The molecule has 3 aromatic rings. The summed E-state index contributed by atoms with van der Waals surface area (Å²) in [5.41, 5.74) is 3.43. The van der Waals surface area contributed by atoms with Crippen molar-refractivity contribution < 1.29 is 14.7 Å². The Hall–Kier alpha value is -2.88. The fourth-order valence-electron chi connectivity index (χ4n) is 4.65. The number of nitrogens with zero attached hydrogens (tertiary/aromatic N) is 1. The fourth-order valence-corrected chi connectivity index (χ4v) is 4.65. The number of hydrogen-bond donors (Lipinski definition) is 0. The van der Waals surface area contributed by atoms with E-state index in [1.807, 2.05) is 60.1 Å². The maximum absolute atomic E-state index is 12.9. The van der Waals surface area contributed by atoms with Crippen molar-refractivity contribution in [2.75, 3.05) is 0 Å². The molecule has 4 nitrogen and oxygen atoms in total. The van der Waals surface area contributed by atoms with Gasteiger partial charge in [0.25, 0.3) is 0 Å². The largest absolute Gasteiger partial charge is 0.549 e. The maximum atomic E-state index is 12.9. The summed E-state index contributed by atoms with van der Waals surface area (Å²) in [5, 5.41) is 12.8. The monoisotopic (exact) mass is 388 g/mol. The Kier molecular flexibility index (Phi) is 5.52. The van der Waals surface area contributed by atoms with Crippen LogP contribution in [0.1, 0.15) is 71.8 Å². The van der Waals surface area contributed by atoms with Gasteiger partial charge >= 0.3 is 0 Å². The zero-order valence-electron chi connectivity index (χ0n) is 16.8. The highest BCUT2D eigenvalue weighted by Gasteiger charge is 2.23. The number of carboxylic acids is 1. The minimum atomic E-state index is -1.21. The second-order valence-electron chi connectivity index (χ2n) is 8.17. The number of Topliss-reactive ketones (excluding diaryl/α,β-unsaturated/α-hetero) is 1. The molecular formula is C25H26NO3-. The lowest BCUT2D eigenvalue weighted by Gasteiger charge is -2.22. The first kappa shape index (κ1) is 19.4. The predicted molar refractivity (Wildman–Crippen MR) is 112 cm³/mol. The molecule has 0 radical (unpaired) electrons. The summed E-state index contributed by atoms with van der Waals surface area (Å²) in [5.74, 6) is -1.76. The van der Waals surface area contributed by atoms with E-state index in [1.54, 1.807) is 6.20 Å². The molecule has 0 saturated heterocycles. The minimum absolute atomic E-state index is 0.0981. The summed E-state index contributed by atoms with van der Waals surface area (Å²) in [7, 11) is 1.88. The summed E-state index contributed by atoms with van der Waals surface area (Å²) < 4.78 is 1.89. The SMILES string of the molecule is Cn1cc([C@H](CC(=O)c2ccc(C3CCCCC3)cc2)C(=O)[O-])c2ccccc21. The molecule has 1 aliphatic rings. The molecule has 0 amide bonds. The molecule has 1 fully saturated rings. The van der Waals surface area contributed by atoms with E-state index in [4.69, 9.17) is 0 Å². The number of ketones is 1. The first-order valence-electron chi connectivity index (χ1n) is 10.4. The van der Waals surface area contributed by atoms with Crippen molar-refractivity contribution >= 4 is 22.7 Å². The number of carboxylic acid groups (broad SMARTS) is 1. The summed E-state index contributed by atoms with van der Waals surface area (Å²) >= 11 is 0. The smallest absolute Gasteiger partial charge is 0.163 e. The average molecular weight is 388 g/mol. The lowest BCUT2D eigenvalue weighted by Crippen LogP contribution is -2.31. The van der Waals surface area contributed by atoms with Crippen molar-refractivity contribution in [3.05, 3.63) is 71.4 Å². The molecule has 0 N–H and O–H groups in total. The highest BCUT2D eigenvalue weighted by molar-refractivity contribution is 6.00. The van der Waals surface area contributed by atoms with Gasteiger partial charge < -0.3 is 14.5 Å². The predicted octanol–water partition coefficient (Wildman–Crippen LogP) is 4.33. The zero-order chi connectivity index (χ0) is 20.4. The van der Waals surface area contributed by atoms with Crippen molar-refractivity contribution in [1.82, 2.24) is 4.57 Å². The molecule has 0 spiro atoms. The topological polar surface area (TPSA) is 62.1 Å². The number of benzene rings is 2. The Morgan fingerprint density at radius 1 is 1.03 bits per heavy atom. The molecule has 0 bridgehead atoms. The van der Waals surface area contributed by atoms with Crippen LogP contribution in [0.4, 0.5) is 0 Å². The zero-order valence-corrected chi connectivity index (χ0v) is 16.8. The normalized spacial score (nSPS) is 16.0. The van der Waals surface area contributed by atoms with Crippen molar-refractivity contribution in [2.24, 2.45) is 7.05 Å². The molecule has 150 valence electrons. The molecular weight excluding hydrogens is 362 g/mol. The van der Waals surface area contributed by atoms with Crippen LogP contribution in [0.15, 0.2) is 54.7 Å². The minimum Gasteiger partial charge on any atom is -0.549 e. The van der Waals surface area contributed by atoms with Gasteiger partial charge in [-0.05, 0) is 36.0 Å². The third kappa shape index (κ3) is 3.98.